The molecule has 0 saturated heterocycles. The van der Waals surface area contributed by atoms with Gasteiger partial charge in [0.1, 0.15) is 11.6 Å². The summed E-state index contributed by atoms with van der Waals surface area (Å²) in [5.74, 6) is 1.88. The molecule has 42 heavy (non-hydrogen) atoms. The summed E-state index contributed by atoms with van der Waals surface area (Å²) in [7, 11) is -5.77. The van der Waals surface area contributed by atoms with Crippen molar-refractivity contribution < 1.29 is 35.5 Å². The predicted molar refractivity (Wildman–Crippen MR) is 162 cm³/mol. The predicted octanol–water partition coefficient (Wildman–Crippen LogP) is 3.96. The number of aromatic nitrogens is 3. The van der Waals surface area contributed by atoms with Gasteiger partial charge in [-0.3, -0.25) is 14.1 Å². The molecule has 0 unspecified atom stereocenters. The molecule has 2 amide bonds. The maximum Gasteiger partial charge on any atom is 0.319 e. The molecule has 0 fully saturated rings. The lowest BCUT2D eigenvalue weighted by Gasteiger charge is -2.20. The van der Waals surface area contributed by atoms with E-state index < -0.39 is 20.2 Å². The molecule has 3 aromatic rings. The van der Waals surface area contributed by atoms with Gasteiger partial charge >= 0.3 is 6.03 Å². The van der Waals surface area contributed by atoms with Crippen LogP contribution < -0.4 is 20.7 Å². The van der Waals surface area contributed by atoms with Gasteiger partial charge in [0.05, 0.1) is 31.4 Å². The number of benzene rings is 1. The molecule has 1 aromatic carbocycles. The van der Waals surface area contributed by atoms with E-state index in [0.717, 1.165) is 35.3 Å². The first-order valence-electron chi connectivity index (χ1n) is 12.6. The second-order valence-corrected chi connectivity index (χ2v) is 11.8. The highest BCUT2D eigenvalue weighted by molar-refractivity contribution is 7.85. The number of methoxy groups -OCH3 is 1. The minimum Gasteiger partial charge on any atom is -0.495 e. The molecule has 0 spiro atoms. The summed E-state index contributed by atoms with van der Waals surface area (Å²) in [6.07, 6.45) is 8.89. The van der Waals surface area contributed by atoms with Gasteiger partial charge in [0.2, 0.25) is 0 Å². The van der Waals surface area contributed by atoms with Crippen LogP contribution in [0, 0.1) is 6.92 Å². The van der Waals surface area contributed by atoms with E-state index in [2.05, 4.69) is 38.9 Å². The molecule has 2 aromatic heterocycles. The number of anilines is 2. The lowest BCUT2D eigenvalue weighted by atomic mass is 10.0. The lowest BCUT2D eigenvalue weighted by molar-refractivity contribution is 0.252. The Hall–Kier alpha value is -3.86. The zero-order valence-corrected chi connectivity index (χ0v) is 26.0. The molecule has 0 saturated carbocycles. The van der Waals surface area contributed by atoms with Gasteiger partial charge in [0.25, 0.3) is 20.2 Å². The number of pyridine rings is 1. The highest BCUT2D eigenvalue weighted by atomic mass is 32.2. The summed E-state index contributed by atoms with van der Waals surface area (Å²) in [6.45, 7) is 6.54. The van der Waals surface area contributed by atoms with Crippen molar-refractivity contribution in [1.82, 2.24) is 20.3 Å². The molecule has 1 atom stereocenters. The van der Waals surface area contributed by atoms with Gasteiger partial charge in [-0.25, -0.2) is 14.8 Å². The van der Waals surface area contributed by atoms with E-state index in [-0.39, 0.29) is 12.1 Å². The number of amides is 2. The Morgan fingerprint density at radius 3 is 2.21 bits per heavy atom. The van der Waals surface area contributed by atoms with Crippen LogP contribution in [0.1, 0.15) is 43.9 Å². The summed E-state index contributed by atoms with van der Waals surface area (Å²) in [4.78, 5) is 25.4. The molecule has 5 N–H and O–H groups in total. The number of ether oxygens (including phenoxy) is 1. The quantitative estimate of drug-likeness (QED) is 0.214. The zero-order valence-electron chi connectivity index (χ0n) is 24.3. The summed E-state index contributed by atoms with van der Waals surface area (Å²) >= 11 is 0. The van der Waals surface area contributed by atoms with Gasteiger partial charge < -0.3 is 20.7 Å². The van der Waals surface area contributed by atoms with E-state index in [1.54, 1.807) is 19.4 Å². The van der Waals surface area contributed by atoms with E-state index in [9.17, 15) is 21.6 Å². The number of carbonyl (C=O) groups excluding carboxylic acids is 1. The number of nitrogens with one attached hydrogen (secondary N) is 3. The minimum atomic E-state index is -3.67. The number of carbonyl (C=O) groups is 1. The topological polar surface area (TPSA) is 210 Å². The van der Waals surface area contributed by atoms with E-state index >= 15 is 0 Å². The van der Waals surface area contributed by atoms with Crippen LogP contribution in [0.25, 0.3) is 11.4 Å². The van der Waals surface area contributed by atoms with Crippen molar-refractivity contribution in [3.63, 3.8) is 0 Å². The molecule has 0 bridgehead atoms. The first-order valence-corrected chi connectivity index (χ1v) is 16.3. The van der Waals surface area contributed by atoms with Crippen LogP contribution in [-0.2, 0) is 20.2 Å². The Kier molecular flexibility index (Phi) is 14.8. The lowest BCUT2D eigenvalue weighted by Crippen LogP contribution is -2.28. The summed E-state index contributed by atoms with van der Waals surface area (Å²) < 4.78 is 57.2. The minimum absolute atomic E-state index is 0.105. The number of urea groups is 1. The smallest absolute Gasteiger partial charge is 0.319 e. The number of hydrogen-bond donors (Lipinski definition) is 5. The summed E-state index contributed by atoms with van der Waals surface area (Å²) in [6, 6.07) is 9.31. The number of aryl methyl sites for hydroxylation is 1. The van der Waals surface area contributed by atoms with Crippen molar-refractivity contribution in [2.45, 2.75) is 39.7 Å². The Morgan fingerprint density at radius 2 is 1.69 bits per heavy atom. The fraction of sp³-hybridized carbons (Fsp3) is 0.385. The maximum atomic E-state index is 11.9. The zero-order chi connectivity index (χ0) is 31.9. The number of rotatable bonds is 9. The number of nitrogens with zero attached hydrogens (tertiary/aromatic N) is 3. The normalized spacial score (nSPS) is 11.5. The highest BCUT2D eigenvalue weighted by Gasteiger charge is 2.15. The molecule has 0 radical (unpaired) electrons. The maximum absolute atomic E-state index is 11.9. The fourth-order valence-corrected chi connectivity index (χ4v) is 3.35. The molecule has 232 valence electrons. The van der Waals surface area contributed by atoms with Crippen molar-refractivity contribution in [1.29, 1.82) is 0 Å². The highest BCUT2D eigenvalue weighted by Crippen LogP contribution is 2.31. The van der Waals surface area contributed by atoms with Crippen LogP contribution in [0.2, 0.25) is 0 Å². The van der Waals surface area contributed by atoms with Crippen molar-refractivity contribution in [3.05, 3.63) is 60.0 Å². The SMILES string of the molecule is CCC[C@H](Nc1nc(-c2ccc(NC(=O)NCC)c(OC)c2)ncc1C)c1cccnc1.CS(=O)(=O)O.CS(=O)(=O)O. The van der Waals surface area contributed by atoms with Gasteiger partial charge in [-0.1, -0.05) is 19.4 Å². The fourth-order valence-electron chi connectivity index (χ4n) is 3.35. The summed E-state index contributed by atoms with van der Waals surface area (Å²) in [5, 5.41) is 9.06. The van der Waals surface area contributed by atoms with Gasteiger partial charge in [0, 0.05) is 36.3 Å². The van der Waals surface area contributed by atoms with Crippen molar-refractivity contribution in [2.75, 3.05) is 36.8 Å². The van der Waals surface area contributed by atoms with Gasteiger partial charge in [-0.2, -0.15) is 16.8 Å². The van der Waals surface area contributed by atoms with Crippen LogP contribution in [0.3, 0.4) is 0 Å². The monoisotopic (exact) mass is 626 g/mol. The summed E-state index contributed by atoms with van der Waals surface area (Å²) in [5.41, 5.74) is 3.45. The molecular formula is C26H38N6O8S2. The third-order valence-corrected chi connectivity index (χ3v) is 4.99. The van der Waals surface area contributed by atoms with Gasteiger partial charge in [-0.15, -0.1) is 0 Å². The average Bonchev–Trinajstić information content (AvgIpc) is 2.88. The third-order valence-electron chi connectivity index (χ3n) is 4.99. The molecule has 0 aliphatic rings. The molecule has 0 aliphatic carbocycles. The molecular weight excluding hydrogens is 588 g/mol. The van der Waals surface area contributed by atoms with Gasteiger partial charge in [0.15, 0.2) is 5.82 Å². The van der Waals surface area contributed by atoms with Crippen molar-refractivity contribution >= 4 is 37.8 Å². The standard InChI is InChI=1S/C24H30N6O2.2CH4O3S/c1-5-8-19(18-9-7-12-25-15-18)28-22-16(3)14-27-23(30-22)17-10-11-20(21(13-17)32-4)29-24(31)26-6-2;2*1-5(2,3)4/h7,9-15,19H,5-6,8H2,1-4H3,(H2,26,29,31)(H,27,28,30);2*1H3,(H,2,3,4)/t19-;;/m0../s1. The van der Waals surface area contributed by atoms with Crippen LogP contribution >= 0.6 is 0 Å². The third kappa shape index (κ3) is 15.2. The van der Waals surface area contributed by atoms with Crippen molar-refractivity contribution in [2.24, 2.45) is 0 Å². The number of hydrogen-bond acceptors (Lipinski definition) is 10. The van der Waals surface area contributed by atoms with Gasteiger partial charge in [-0.05, 0) is 50.1 Å². The van der Waals surface area contributed by atoms with E-state index in [1.807, 2.05) is 44.4 Å². The second-order valence-electron chi connectivity index (χ2n) is 8.86. The van der Waals surface area contributed by atoms with E-state index in [1.165, 1.54) is 0 Å². The Morgan fingerprint density at radius 1 is 1.05 bits per heavy atom. The Balaban J connectivity index is 0.000000759. The van der Waals surface area contributed by atoms with Crippen LogP contribution in [0.15, 0.2) is 48.9 Å². The van der Waals surface area contributed by atoms with Crippen molar-refractivity contribution in [3.8, 4) is 17.1 Å². The molecule has 3 rings (SSSR count). The molecule has 16 heteroatoms. The van der Waals surface area contributed by atoms with E-state index in [4.69, 9.17) is 18.8 Å². The second kappa shape index (κ2) is 17.2. The molecule has 0 aliphatic heterocycles. The molecule has 2 heterocycles. The average molecular weight is 627 g/mol. The first kappa shape index (κ1) is 36.2. The van der Waals surface area contributed by atoms with E-state index in [0.29, 0.717) is 36.3 Å². The largest absolute Gasteiger partial charge is 0.495 e. The molecule has 14 nitrogen and oxygen atoms in total. The Bertz CT molecular complexity index is 1460. The van der Waals surface area contributed by atoms with Crippen LogP contribution in [-0.4, -0.2) is 73.1 Å². The first-order chi connectivity index (χ1) is 19.5. The van der Waals surface area contributed by atoms with Crippen LogP contribution in [0.5, 0.6) is 5.75 Å². The Labute approximate surface area is 246 Å². The van der Waals surface area contributed by atoms with Crippen LogP contribution in [0.4, 0.5) is 16.3 Å².